The third-order valence-corrected chi connectivity index (χ3v) is 6.56. The Morgan fingerprint density at radius 2 is 2.06 bits per heavy atom. The first-order valence-electron chi connectivity index (χ1n) is 10.4. The first-order valence-corrected chi connectivity index (χ1v) is 11.2. The van der Waals surface area contributed by atoms with Gasteiger partial charge in [-0.25, -0.2) is 9.79 Å². The Morgan fingerprint density at radius 3 is 2.82 bits per heavy atom. The summed E-state index contributed by atoms with van der Waals surface area (Å²) in [6, 6.07) is 13.8. The van der Waals surface area contributed by atoms with Gasteiger partial charge in [0.2, 0.25) is 0 Å². The van der Waals surface area contributed by atoms with E-state index in [0.717, 1.165) is 10.8 Å². The number of aromatic nitrogens is 1. The normalized spacial score (nSPS) is 16.1. The van der Waals surface area contributed by atoms with Gasteiger partial charge in [0.15, 0.2) is 4.80 Å². The smallest absolute Gasteiger partial charge is 0.338 e. The van der Waals surface area contributed by atoms with Crippen molar-refractivity contribution in [3.8, 4) is 5.75 Å². The number of furan rings is 1. The van der Waals surface area contributed by atoms with Crippen LogP contribution in [0, 0.1) is 0 Å². The lowest BCUT2D eigenvalue weighted by molar-refractivity contribution is -0.138. The van der Waals surface area contributed by atoms with E-state index in [4.69, 9.17) is 9.15 Å². The molecule has 33 heavy (non-hydrogen) atoms. The Labute approximate surface area is 192 Å². The van der Waals surface area contributed by atoms with Crippen LogP contribution in [0.15, 0.2) is 74.6 Å². The summed E-state index contributed by atoms with van der Waals surface area (Å²) in [6.45, 7) is 3.63. The average Bonchev–Trinajstić information content (AvgIpc) is 3.44. The van der Waals surface area contributed by atoms with Gasteiger partial charge in [-0.3, -0.25) is 9.36 Å². The van der Waals surface area contributed by atoms with E-state index < -0.39 is 12.0 Å². The summed E-state index contributed by atoms with van der Waals surface area (Å²) in [7, 11) is 0. The van der Waals surface area contributed by atoms with Crippen LogP contribution in [-0.2, 0) is 9.53 Å². The van der Waals surface area contributed by atoms with Crippen LogP contribution in [0.3, 0.4) is 0 Å². The Hall–Kier alpha value is -3.91. The van der Waals surface area contributed by atoms with Crippen LogP contribution < -0.4 is 14.9 Å². The van der Waals surface area contributed by atoms with Gasteiger partial charge in [0.1, 0.15) is 17.6 Å². The van der Waals surface area contributed by atoms with Crippen LogP contribution >= 0.6 is 11.3 Å². The van der Waals surface area contributed by atoms with E-state index >= 15 is 0 Å². The number of phenols is 1. The minimum absolute atomic E-state index is 0.0781. The summed E-state index contributed by atoms with van der Waals surface area (Å²) in [5, 5.41) is 12.3. The fourth-order valence-corrected chi connectivity index (χ4v) is 5.06. The number of carbonyl (C=O) groups is 1. The van der Waals surface area contributed by atoms with Gasteiger partial charge in [-0.1, -0.05) is 41.7 Å². The zero-order chi connectivity index (χ0) is 23.1. The standard InChI is InChI=1S/C25H20N2O5S/c1-3-31-24(30)21-14(2)27-23(29)20(33-25(27)26-22(21)19-9-6-12-32-19)13-17-16-8-5-4-7-15(16)10-11-18(17)28/h4-13,22,28H,3H2,1-2H3/b20-13-/t22-/m1/s1. The number of fused-ring (bicyclic) bond motifs is 2. The van der Waals surface area contributed by atoms with E-state index in [2.05, 4.69) is 4.99 Å². The number of aromatic hydroxyl groups is 1. The molecule has 0 aliphatic carbocycles. The molecule has 1 N–H and O–H groups in total. The first kappa shape index (κ1) is 21.0. The monoisotopic (exact) mass is 460 g/mol. The summed E-state index contributed by atoms with van der Waals surface area (Å²) in [6.07, 6.45) is 3.19. The number of nitrogens with zero attached hydrogens (tertiary/aromatic N) is 2. The summed E-state index contributed by atoms with van der Waals surface area (Å²) >= 11 is 1.20. The molecular weight excluding hydrogens is 440 g/mol. The maximum Gasteiger partial charge on any atom is 0.338 e. The van der Waals surface area contributed by atoms with Crippen molar-refractivity contribution in [2.45, 2.75) is 19.9 Å². The fourth-order valence-electron chi connectivity index (χ4n) is 4.04. The molecule has 0 bridgehead atoms. The highest BCUT2D eigenvalue weighted by atomic mass is 32.1. The van der Waals surface area contributed by atoms with Gasteiger partial charge in [0.05, 0.1) is 23.0 Å². The molecule has 2 aromatic carbocycles. The zero-order valence-electron chi connectivity index (χ0n) is 17.9. The van der Waals surface area contributed by atoms with Crippen LogP contribution in [-0.4, -0.2) is 22.2 Å². The van der Waals surface area contributed by atoms with Crippen molar-refractivity contribution >= 4 is 39.9 Å². The van der Waals surface area contributed by atoms with Gasteiger partial charge in [-0.15, -0.1) is 0 Å². The molecule has 5 rings (SSSR count). The molecule has 1 atom stereocenters. The lowest BCUT2D eigenvalue weighted by Gasteiger charge is -2.20. The topological polar surface area (TPSA) is 94.0 Å². The van der Waals surface area contributed by atoms with Gasteiger partial charge >= 0.3 is 5.97 Å². The van der Waals surface area contributed by atoms with Crippen molar-refractivity contribution < 1.29 is 19.1 Å². The summed E-state index contributed by atoms with van der Waals surface area (Å²) in [5.41, 5.74) is 0.948. The molecule has 1 aliphatic rings. The molecule has 7 nitrogen and oxygen atoms in total. The molecule has 0 saturated heterocycles. The van der Waals surface area contributed by atoms with E-state index in [1.165, 1.54) is 22.2 Å². The number of carbonyl (C=O) groups excluding carboxylic acids is 1. The third kappa shape index (κ3) is 3.48. The second-order valence-electron chi connectivity index (χ2n) is 7.52. The van der Waals surface area contributed by atoms with Crippen molar-refractivity contribution in [2.75, 3.05) is 6.61 Å². The lowest BCUT2D eigenvalue weighted by Crippen LogP contribution is -2.35. The largest absolute Gasteiger partial charge is 0.507 e. The summed E-state index contributed by atoms with van der Waals surface area (Å²) < 4.78 is 12.6. The van der Waals surface area contributed by atoms with E-state index in [-0.39, 0.29) is 23.5 Å². The summed E-state index contributed by atoms with van der Waals surface area (Å²) in [5.74, 6) is 0.0252. The molecule has 0 saturated carbocycles. The van der Waals surface area contributed by atoms with E-state index in [1.54, 1.807) is 38.1 Å². The highest BCUT2D eigenvalue weighted by molar-refractivity contribution is 7.07. The minimum atomic E-state index is -0.712. The number of benzene rings is 2. The predicted molar refractivity (Wildman–Crippen MR) is 126 cm³/mol. The number of allylic oxidation sites excluding steroid dienone is 1. The summed E-state index contributed by atoms with van der Waals surface area (Å²) in [4.78, 5) is 31.3. The Balaban J connectivity index is 1.77. The predicted octanol–water partition coefficient (Wildman–Crippen LogP) is 3.36. The van der Waals surface area contributed by atoms with Crippen molar-refractivity contribution in [2.24, 2.45) is 4.99 Å². The highest BCUT2D eigenvalue weighted by Crippen LogP contribution is 2.32. The van der Waals surface area contributed by atoms with Crippen LogP contribution in [0.2, 0.25) is 0 Å². The van der Waals surface area contributed by atoms with Crippen LogP contribution in [0.5, 0.6) is 5.75 Å². The number of phenolic OH excluding ortho intramolecular Hbond substituents is 1. The Kier molecular flexibility index (Phi) is 5.22. The molecule has 166 valence electrons. The van der Waals surface area contributed by atoms with Gasteiger partial charge in [-0.05, 0) is 48.9 Å². The van der Waals surface area contributed by atoms with Gasteiger partial charge < -0.3 is 14.3 Å². The fraction of sp³-hybridized carbons (Fsp3) is 0.160. The highest BCUT2D eigenvalue weighted by Gasteiger charge is 2.32. The first-order chi connectivity index (χ1) is 16.0. The zero-order valence-corrected chi connectivity index (χ0v) is 18.8. The molecule has 8 heteroatoms. The Morgan fingerprint density at radius 1 is 1.24 bits per heavy atom. The molecule has 3 heterocycles. The maximum atomic E-state index is 13.4. The number of hydrogen-bond acceptors (Lipinski definition) is 7. The molecule has 2 aromatic heterocycles. The second kappa shape index (κ2) is 8.22. The number of ether oxygens (including phenoxy) is 1. The van der Waals surface area contributed by atoms with Crippen molar-refractivity contribution in [3.63, 3.8) is 0 Å². The Bertz CT molecular complexity index is 1590. The molecule has 0 radical (unpaired) electrons. The van der Waals surface area contributed by atoms with Crippen molar-refractivity contribution in [1.82, 2.24) is 4.57 Å². The number of hydrogen-bond donors (Lipinski definition) is 1. The van der Waals surface area contributed by atoms with E-state index in [1.807, 2.05) is 30.3 Å². The van der Waals surface area contributed by atoms with E-state index in [9.17, 15) is 14.7 Å². The van der Waals surface area contributed by atoms with Crippen molar-refractivity contribution in [1.29, 1.82) is 0 Å². The van der Waals surface area contributed by atoms with Crippen LogP contribution in [0.4, 0.5) is 0 Å². The lowest BCUT2D eigenvalue weighted by atomic mass is 10.0. The molecule has 0 spiro atoms. The van der Waals surface area contributed by atoms with Gasteiger partial charge in [0.25, 0.3) is 5.56 Å². The van der Waals surface area contributed by atoms with Crippen LogP contribution in [0.25, 0.3) is 22.5 Å². The number of thiazole rings is 1. The van der Waals surface area contributed by atoms with E-state index in [0.29, 0.717) is 26.4 Å². The van der Waals surface area contributed by atoms with Crippen molar-refractivity contribution in [3.05, 3.63) is 91.4 Å². The van der Waals surface area contributed by atoms with Gasteiger partial charge in [0, 0.05) is 11.3 Å². The second-order valence-corrected chi connectivity index (χ2v) is 8.53. The molecule has 0 amide bonds. The third-order valence-electron chi connectivity index (χ3n) is 5.58. The molecule has 4 aromatic rings. The quantitative estimate of drug-likeness (QED) is 0.472. The van der Waals surface area contributed by atoms with Crippen LogP contribution in [0.1, 0.15) is 31.2 Å². The minimum Gasteiger partial charge on any atom is -0.507 e. The molecule has 0 fully saturated rings. The average molecular weight is 461 g/mol. The number of esters is 1. The SMILES string of the molecule is CCOC(=O)C1=C(C)n2c(s/c(=C\c3c(O)ccc4ccccc34)c2=O)=N[C@@H]1c1ccco1. The number of rotatable bonds is 4. The maximum absolute atomic E-state index is 13.4. The van der Waals surface area contributed by atoms with Gasteiger partial charge in [-0.2, -0.15) is 0 Å². The molecular formula is C25H20N2O5S. The molecule has 1 aliphatic heterocycles. The molecule has 0 unspecified atom stereocenters.